The first kappa shape index (κ1) is 25.6. The number of para-hydroxylation sites is 1. The molecule has 1 aliphatic carbocycles. The molecule has 3 aliphatic heterocycles. The lowest BCUT2D eigenvalue weighted by Gasteiger charge is -2.44. The van der Waals surface area contributed by atoms with Crippen LogP contribution in [0.3, 0.4) is 0 Å². The third-order valence-corrected chi connectivity index (χ3v) is 7.82. The lowest BCUT2D eigenvalue weighted by atomic mass is 9.80. The molecule has 1 aromatic carbocycles. The average Bonchev–Trinajstić information content (AvgIpc) is 3.62. The quantitative estimate of drug-likeness (QED) is 0.643. The third kappa shape index (κ3) is 5.05. The maximum absolute atomic E-state index is 12.6. The summed E-state index contributed by atoms with van der Waals surface area (Å²) < 4.78 is 40.7. The Balaban J connectivity index is 0.000000355. The molecule has 1 spiro atoms. The second-order valence-corrected chi connectivity index (χ2v) is 10.4. The van der Waals surface area contributed by atoms with Crippen LogP contribution in [0.25, 0.3) is 11.3 Å². The van der Waals surface area contributed by atoms with Gasteiger partial charge in [-0.2, -0.15) is 18.3 Å². The number of rotatable bonds is 2. The number of carbonyl (C=O) groups is 2. The van der Waals surface area contributed by atoms with Crippen molar-refractivity contribution in [1.29, 1.82) is 0 Å². The van der Waals surface area contributed by atoms with Gasteiger partial charge in [-0.05, 0) is 58.0 Å². The van der Waals surface area contributed by atoms with E-state index in [4.69, 9.17) is 19.7 Å². The zero-order valence-corrected chi connectivity index (χ0v) is 20.7. The van der Waals surface area contributed by atoms with Crippen molar-refractivity contribution in [1.82, 2.24) is 19.6 Å². The van der Waals surface area contributed by atoms with Gasteiger partial charge in [-0.3, -0.25) is 9.48 Å². The highest BCUT2D eigenvalue weighted by Crippen LogP contribution is 2.50. The molecule has 0 atom stereocenters. The van der Waals surface area contributed by atoms with Gasteiger partial charge >= 0.3 is 12.1 Å². The summed E-state index contributed by atoms with van der Waals surface area (Å²) in [7, 11) is 2.20. The van der Waals surface area contributed by atoms with E-state index < -0.39 is 12.1 Å². The molecule has 37 heavy (non-hydrogen) atoms. The molecule has 4 heterocycles. The molecule has 0 bridgehead atoms. The fourth-order valence-electron chi connectivity index (χ4n) is 5.55. The normalized spacial score (nSPS) is 21.4. The fraction of sp³-hybridized carbons (Fsp3) is 0.577. The van der Waals surface area contributed by atoms with Crippen molar-refractivity contribution in [2.45, 2.75) is 56.3 Å². The molecule has 1 aromatic heterocycles. The van der Waals surface area contributed by atoms with Gasteiger partial charge in [-0.1, -0.05) is 12.1 Å². The molecular weight excluding hydrogens is 489 g/mol. The van der Waals surface area contributed by atoms with Crippen LogP contribution in [-0.2, 0) is 15.2 Å². The molecule has 1 amide bonds. The number of alkyl halides is 3. The molecule has 2 saturated heterocycles. The molecule has 8 nitrogen and oxygen atoms in total. The highest BCUT2D eigenvalue weighted by molar-refractivity contribution is 5.81. The first-order valence-corrected chi connectivity index (χ1v) is 12.7. The molecule has 4 aliphatic rings. The molecule has 1 saturated carbocycles. The summed E-state index contributed by atoms with van der Waals surface area (Å²) >= 11 is 0. The number of hydrogen-bond donors (Lipinski definition) is 1. The van der Waals surface area contributed by atoms with Crippen LogP contribution in [-0.4, -0.2) is 76.0 Å². The van der Waals surface area contributed by atoms with E-state index in [-0.39, 0.29) is 11.5 Å². The summed E-state index contributed by atoms with van der Waals surface area (Å²) in [6, 6.07) is 8.84. The molecule has 0 radical (unpaired) electrons. The Morgan fingerprint density at radius 3 is 2.27 bits per heavy atom. The molecule has 11 heteroatoms. The second-order valence-electron chi connectivity index (χ2n) is 10.4. The average molecular weight is 521 g/mol. The summed E-state index contributed by atoms with van der Waals surface area (Å²) in [5, 5.41) is 12.0. The minimum atomic E-state index is -5.08. The van der Waals surface area contributed by atoms with E-state index >= 15 is 0 Å². The van der Waals surface area contributed by atoms with Crippen LogP contribution in [0.5, 0.6) is 5.75 Å². The van der Waals surface area contributed by atoms with Crippen molar-refractivity contribution in [3.05, 3.63) is 36.0 Å². The number of likely N-dealkylation sites (tertiary alicyclic amines) is 2. The van der Waals surface area contributed by atoms with Crippen LogP contribution in [0, 0.1) is 5.92 Å². The van der Waals surface area contributed by atoms with E-state index in [1.807, 2.05) is 0 Å². The summed E-state index contributed by atoms with van der Waals surface area (Å²) in [5.74, 6) is -1.16. The number of amides is 1. The van der Waals surface area contributed by atoms with Crippen LogP contribution in [0.4, 0.5) is 13.2 Å². The number of ether oxygens (including phenoxy) is 1. The molecule has 6 rings (SSSR count). The number of fused-ring (bicyclic) bond motifs is 4. The number of nitrogens with zero attached hydrogens (tertiary/aromatic N) is 4. The highest BCUT2D eigenvalue weighted by atomic mass is 19.4. The summed E-state index contributed by atoms with van der Waals surface area (Å²) in [5.41, 5.74) is 3.26. The predicted octanol–water partition coefficient (Wildman–Crippen LogP) is 4.07. The number of hydrogen-bond acceptors (Lipinski definition) is 5. The van der Waals surface area contributed by atoms with Crippen molar-refractivity contribution >= 4 is 11.9 Å². The molecule has 200 valence electrons. The summed E-state index contributed by atoms with van der Waals surface area (Å²) in [6.45, 7) is 3.77. The van der Waals surface area contributed by atoms with Crippen molar-refractivity contribution in [2.24, 2.45) is 5.92 Å². The van der Waals surface area contributed by atoms with Gasteiger partial charge < -0.3 is 19.6 Å². The van der Waals surface area contributed by atoms with E-state index in [0.717, 1.165) is 76.0 Å². The van der Waals surface area contributed by atoms with Crippen molar-refractivity contribution in [3.8, 4) is 17.0 Å². The molecule has 3 fully saturated rings. The highest BCUT2D eigenvalue weighted by Gasteiger charge is 2.47. The summed E-state index contributed by atoms with van der Waals surface area (Å²) in [6.07, 6.45) is 3.05. The number of benzene rings is 1. The number of carbonyl (C=O) groups excluding carboxylic acids is 1. The number of piperidine rings is 2. The SMILES string of the molecule is CN1CCC(n2ncc3c2-c2ccccc2OC32CCN(C(=O)C3CC3)CC2)CC1.O=C(O)C(F)(F)F. The van der Waals surface area contributed by atoms with Crippen molar-refractivity contribution < 1.29 is 32.6 Å². The van der Waals surface area contributed by atoms with E-state index in [2.05, 4.69) is 52.0 Å². The number of halogens is 3. The number of aliphatic carboxylic acids is 1. The predicted molar refractivity (Wildman–Crippen MR) is 128 cm³/mol. The van der Waals surface area contributed by atoms with Gasteiger partial charge in [0.2, 0.25) is 5.91 Å². The first-order chi connectivity index (χ1) is 17.6. The molecule has 0 unspecified atom stereocenters. The van der Waals surface area contributed by atoms with Gasteiger partial charge in [0.25, 0.3) is 0 Å². The van der Waals surface area contributed by atoms with Crippen LogP contribution in [0.1, 0.15) is 50.1 Å². The minimum Gasteiger partial charge on any atom is -0.482 e. The van der Waals surface area contributed by atoms with Gasteiger partial charge in [0.1, 0.15) is 11.4 Å². The number of aromatic nitrogens is 2. The minimum absolute atomic E-state index is 0.287. The van der Waals surface area contributed by atoms with Crippen LogP contribution in [0.2, 0.25) is 0 Å². The van der Waals surface area contributed by atoms with Gasteiger partial charge in [-0.25, -0.2) is 4.79 Å². The smallest absolute Gasteiger partial charge is 0.482 e. The van der Waals surface area contributed by atoms with Crippen molar-refractivity contribution in [3.63, 3.8) is 0 Å². The fourth-order valence-corrected chi connectivity index (χ4v) is 5.55. The number of carboxylic acids is 1. The molecule has 2 aromatic rings. The van der Waals surface area contributed by atoms with Gasteiger partial charge in [-0.15, -0.1) is 0 Å². The Morgan fingerprint density at radius 1 is 1.05 bits per heavy atom. The third-order valence-electron chi connectivity index (χ3n) is 7.82. The maximum Gasteiger partial charge on any atom is 0.490 e. The Bertz CT molecular complexity index is 1160. The Morgan fingerprint density at radius 2 is 1.68 bits per heavy atom. The van der Waals surface area contributed by atoms with Crippen LogP contribution < -0.4 is 4.74 Å². The molecule has 1 N–H and O–H groups in total. The van der Waals surface area contributed by atoms with Gasteiger partial charge in [0.05, 0.1) is 17.9 Å². The molecular formula is C26H31F3N4O4. The Kier molecular flexibility index (Phi) is 6.68. The number of carboxylic acid groups (broad SMARTS) is 1. The monoisotopic (exact) mass is 520 g/mol. The zero-order chi connectivity index (χ0) is 26.4. The standard InChI is InChI=1S/C24H30N4O2.C2HF3O2/c1-26-12-8-18(9-13-26)28-22-19-4-2-3-5-21(19)30-24(20(22)16-25-28)10-14-27(15-11-24)23(29)17-6-7-17;3-2(4,5)1(6)7/h2-5,16-18H,6-15H2,1H3;(H,6,7). The van der Waals surface area contributed by atoms with Crippen molar-refractivity contribution in [2.75, 3.05) is 33.2 Å². The van der Waals surface area contributed by atoms with Crippen LogP contribution >= 0.6 is 0 Å². The summed E-state index contributed by atoms with van der Waals surface area (Å²) in [4.78, 5) is 25.9. The lowest BCUT2D eigenvalue weighted by Crippen LogP contribution is -2.49. The second kappa shape index (κ2) is 9.66. The Hall–Kier alpha value is -3.08. The van der Waals surface area contributed by atoms with Gasteiger partial charge in [0, 0.05) is 43.0 Å². The van der Waals surface area contributed by atoms with Gasteiger partial charge in [0.15, 0.2) is 0 Å². The van der Waals surface area contributed by atoms with E-state index in [1.54, 1.807) is 0 Å². The topological polar surface area (TPSA) is 87.9 Å². The zero-order valence-electron chi connectivity index (χ0n) is 20.7. The van der Waals surface area contributed by atoms with E-state index in [9.17, 15) is 18.0 Å². The largest absolute Gasteiger partial charge is 0.490 e. The lowest BCUT2D eigenvalue weighted by molar-refractivity contribution is -0.192. The maximum atomic E-state index is 12.6. The van der Waals surface area contributed by atoms with Crippen LogP contribution in [0.15, 0.2) is 30.5 Å². The van der Waals surface area contributed by atoms with E-state index in [0.29, 0.717) is 11.9 Å². The van der Waals surface area contributed by atoms with E-state index in [1.165, 1.54) is 11.3 Å². The first-order valence-electron chi connectivity index (χ1n) is 12.7. The Labute approximate surface area is 213 Å².